The molecule has 1 N–H and O–H groups in total. The summed E-state index contributed by atoms with van der Waals surface area (Å²) in [5.41, 5.74) is 1.83. The summed E-state index contributed by atoms with van der Waals surface area (Å²) in [4.78, 5) is 0.294. The first-order chi connectivity index (χ1) is 8.97. The monoisotopic (exact) mass is 339 g/mol. The SMILES string of the molecule is Cc1cccc(S(=O)(=O)NCc2cccc(Br)c2)c1. The summed E-state index contributed by atoms with van der Waals surface area (Å²) in [6.45, 7) is 2.14. The first kappa shape index (κ1) is 14.2. The summed E-state index contributed by atoms with van der Waals surface area (Å²) in [6, 6.07) is 14.4. The fourth-order valence-electron chi connectivity index (χ4n) is 1.69. The zero-order valence-corrected chi connectivity index (χ0v) is 12.8. The van der Waals surface area contributed by atoms with Gasteiger partial charge >= 0.3 is 0 Å². The highest BCUT2D eigenvalue weighted by atomic mass is 79.9. The molecule has 0 aliphatic carbocycles. The lowest BCUT2D eigenvalue weighted by Crippen LogP contribution is -2.23. The van der Waals surface area contributed by atoms with Gasteiger partial charge in [-0.2, -0.15) is 0 Å². The maximum atomic E-state index is 12.1. The van der Waals surface area contributed by atoms with E-state index in [0.717, 1.165) is 15.6 Å². The Morgan fingerprint density at radius 1 is 1.11 bits per heavy atom. The van der Waals surface area contributed by atoms with Crippen molar-refractivity contribution in [1.82, 2.24) is 4.72 Å². The van der Waals surface area contributed by atoms with Gasteiger partial charge in [-0.3, -0.25) is 0 Å². The number of hydrogen-bond donors (Lipinski definition) is 1. The molecule has 0 aliphatic heterocycles. The lowest BCUT2D eigenvalue weighted by atomic mass is 10.2. The van der Waals surface area contributed by atoms with Crippen LogP contribution in [0.25, 0.3) is 0 Å². The van der Waals surface area contributed by atoms with Crippen LogP contribution in [0.4, 0.5) is 0 Å². The van der Waals surface area contributed by atoms with Crippen molar-refractivity contribution in [1.29, 1.82) is 0 Å². The van der Waals surface area contributed by atoms with E-state index in [0.29, 0.717) is 4.90 Å². The smallest absolute Gasteiger partial charge is 0.207 e. The van der Waals surface area contributed by atoms with Crippen LogP contribution in [0.3, 0.4) is 0 Å². The third kappa shape index (κ3) is 3.89. The van der Waals surface area contributed by atoms with Crippen LogP contribution >= 0.6 is 15.9 Å². The Balaban J connectivity index is 2.14. The Bertz CT molecular complexity index is 683. The zero-order valence-electron chi connectivity index (χ0n) is 10.4. The van der Waals surface area contributed by atoms with Gasteiger partial charge in [0.2, 0.25) is 10.0 Å². The third-order valence-corrected chi connectivity index (χ3v) is 4.55. The highest BCUT2D eigenvalue weighted by Gasteiger charge is 2.13. The molecule has 2 rings (SSSR count). The predicted molar refractivity (Wildman–Crippen MR) is 79.3 cm³/mol. The van der Waals surface area contributed by atoms with E-state index in [2.05, 4.69) is 20.7 Å². The Hall–Kier alpha value is -1.17. The van der Waals surface area contributed by atoms with Crippen molar-refractivity contribution in [2.45, 2.75) is 18.4 Å². The van der Waals surface area contributed by atoms with E-state index in [1.54, 1.807) is 18.2 Å². The topological polar surface area (TPSA) is 46.2 Å². The van der Waals surface area contributed by atoms with E-state index in [1.807, 2.05) is 37.3 Å². The molecule has 3 nitrogen and oxygen atoms in total. The van der Waals surface area contributed by atoms with E-state index in [9.17, 15) is 8.42 Å². The number of aryl methyl sites for hydroxylation is 1. The van der Waals surface area contributed by atoms with Gasteiger partial charge in [-0.25, -0.2) is 13.1 Å². The summed E-state index contributed by atoms with van der Waals surface area (Å²) in [6.07, 6.45) is 0. The van der Waals surface area contributed by atoms with Crippen LogP contribution in [0.2, 0.25) is 0 Å². The number of nitrogens with one attached hydrogen (secondary N) is 1. The molecular formula is C14H14BrNO2S. The Morgan fingerprint density at radius 3 is 2.53 bits per heavy atom. The maximum Gasteiger partial charge on any atom is 0.240 e. The standard InChI is InChI=1S/C14H14BrNO2S/c1-11-4-2-7-14(8-11)19(17,18)16-10-12-5-3-6-13(15)9-12/h2-9,16H,10H2,1H3. The van der Waals surface area contributed by atoms with Crippen molar-refractivity contribution < 1.29 is 8.42 Å². The fraction of sp³-hybridized carbons (Fsp3) is 0.143. The van der Waals surface area contributed by atoms with Gasteiger partial charge in [0.25, 0.3) is 0 Å². The Kier molecular flexibility index (Phi) is 4.39. The van der Waals surface area contributed by atoms with Crippen LogP contribution in [0.5, 0.6) is 0 Å². The van der Waals surface area contributed by atoms with Crippen molar-refractivity contribution in [3.63, 3.8) is 0 Å². The molecular weight excluding hydrogens is 326 g/mol. The van der Waals surface area contributed by atoms with Gasteiger partial charge in [0.15, 0.2) is 0 Å². The predicted octanol–water partition coefficient (Wildman–Crippen LogP) is 3.24. The average molecular weight is 340 g/mol. The summed E-state index contributed by atoms with van der Waals surface area (Å²) < 4.78 is 27.8. The molecule has 0 aromatic heterocycles. The fourth-order valence-corrected chi connectivity index (χ4v) is 3.26. The Morgan fingerprint density at radius 2 is 1.84 bits per heavy atom. The molecule has 19 heavy (non-hydrogen) atoms. The number of hydrogen-bond acceptors (Lipinski definition) is 2. The minimum atomic E-state index is -3.46. The molecule has 0 fully saturated rings. The van der Waals surface area contributed by atoms with Gasteiger partial charge in [0.05, 0.1) is 4.90 Å². The van der Waals surface area contributed by atoms with Crippen LogP contribution in [0.15, 0.2) is 57.9 Å². The summed E-state index contributed by atoms with van der Waals surface area (Å²) in [7, 11) is -3.46. The molecule has 0 aliphatic rings. The minimum Gasteiger partial charge on any atom is -0.207 e. The molecule has 0 unspecified atom stereocenters. The van der Waals surface area contributed by atoms with Crippen molar-refractivity contribution in [3.05, 3.63) is 64.1 Å². The van der Waals surface area contributed by atoms with Crippen molar-refractivity contribution in [2.24, 2.45) is 0 Å². The number of sulfonamides is 1. The number of halogens is 1. The Labute approximate surface area is 121 Å². The van der Waals surface area contributed by atoms with Crippen LogP contribution < -0.4 is 4.72 Å². The lowest BCUT2D eigenvalue weighted by Gasteiger charge is -2.07. The molecule has 0 radical (unpaired) electrons. The van der Waals surface area contributed by atoms with Crippen LogP contribution in [0, 0.1) is 6.92 Å². The molecule has 0 saturated heterocycles. The van der Waals surface area contributed by atoms with Crippen molar-refractivity contribution in [3.8, 4) is 0 Å². The van der Waals surface area contributed by atoms with Crippen LogP contribution in [0.1, 0.15) is 11.1 Å². The second-order valence-corrected chi connectivity index (χ2v) is 6.95. The molecule has 0 bridgehead atoms. The molecule has 2 aromatic carbocycles. The van der Waals surface area contributed by atoms with Gasteiger partial charge in [0.1, 0.15) is 0 Å². The first-order valence-corrected chi connectivity index (χ1v) is 8.06. The van der Waals surface area contributed by atoms with Gasteiger partial charge in [-0.05, 0) is 42.3 Å². The number of rotatable bonds is 4. The van der Waals surface area contributed by atoms with Crippen LogP contribution in [-0.2, 0) is 16.6 Å². The second-order valence-electron chi connectivity index (χ2n) is 4.27. The summed E-state index contributed by atoms with van der Waals surface area (Å²) >= 11 is 3.36. The molecule has 5 heteroatoms. The molecule has 2 aromatic rings. The van der Waals surface area contributed by atoms with E-state index < -0.39 is 10.0 Å². The highest BCUT2D eigenvalue weighted by molar-refractivity contribution is 9.10. The van der Waals surface area contributed by atoms with Crippen LogP contribution in [-0.4, -0.2) is 8.42 Å². The maximum absolute atomic E-state index is 12.1. The van der Waals surface area contributed by atoms with Gasteiger partial charge in [-0.15, -0.1) is 0 Å². The molecule has 0 heterocycles. The van der Waals surface area contributed by atoms with Gasteiger partial charge < -0.3 is 0 Å². The van der Waals surface area contributed by atoms with Crippen molar-refractivity contribution in [2.75, 3.05) is 0 Å². The highest BCUT2D eigenvalue weighted by Crippen LogP contribution is 2.14. The molecule has 0 amide bonds. The minimum absolute atomic E-state index is 0.274. The molecule has 0 spiro atoms. The van der Waals surface area contributed by atoms with E-state index in [-0.39, 0.29) is 6.54 Å². The average Bonchev–Trinajstić information content (AvgIpc) is 2.37. The summed E-state index contributed by atoms with van der Waals surface area (Å²) in [5, 5.41) is 0. The van der Waals surface area contributed by atoms with Gasteiger partial charge in [0, 0.05) is 11.0 Å². The van der Waals surface area contributed by atoms with Crippen molar-refractivity contribution >= 4 is 26.0 Å². The summed E-state index contributed by atoms with van der Waals surface area (Å²) in [5.74, 6) is 0. The molecule has 0 atom stereocenters. The number of benzene rings is 2. The first-order valence-electron chi connectivity index (χ1n) is 5.78. The third-order valence-electron chi connectivity index (χ3n) is 2.66. The molecule has 100 valence electrons. The second kappa shape index (κ2) is 5.86. The van der Waals surface area contributed by atoms with E-state index >= 15 is 0 Å². The largest absolute Gasteiger partial charge is 0.240 e. The lowest BCUT2D eigenvalue weighted by molar-refractivity contribution is 0.581. The van der Waals surface area contributed by atoms with E-state index in [4.69, 9.17) is 0 Å². The van der Waals surface area contributed by atoms with Gasteiger partial charge in [-0.1, -0.05) is 40.2 Å². The van der Waals surface area contributed by atoms with E-state index in [1.165, 1.54) is 0 Å². The quantitative estimate of drug-likeness (QED) is 0.929. The normalized spacial score (nSPS) is 11.5. The molecule has 0 saturated carbocycles. The zero-order chi connectivity index (χ0) is 13.9.